The van der Waals surface area contributed by atoms with Crippen LogP contribution < -0.4 is 0 Å². The molecule has 0 amide bonds. The van der Waals surface area contributed by atoms with Gasteiger partial charge in [-0.3, -0.25) is 4.79 Å². The lowest BCUT2D eigenvalue weighted by atomic mass is 9.98. The molecule has 0 radical (unpaired) electrons. The van der Waals surface area contributed by atoms with Gasteiger partial charge in [0.25, 0.3) is 0 Å². The second-order valence-corrected chi connectivity index (χ2v) is 4.35. The molecule has 0 aliphatic rings. The van der Waals surface area contributed by atoms with Crippen LogP contribution in [0.3, 0.4) is 0 Å². The van der Waals surface area contributed by atoms with Crippen molar-refractivity contribution in [1.82, 2.24) is 0 Å². The monoisotopic (exact) mass is 247 g/mol. The molecule has 0 aliphatic carbocycles. The molecule has 1 aromatic carbocycles. The second kappa shape index (κ2) is 6.67. The van der Waals surface area contributed by atoms with Crippen molar-refractivity contribution in [2.24, 2.45) is 5.11 Å². The van der Waals surface area contributed by atoms with Crippen molar-refractivity contribution in [3.05, 3.63) is 45.3 Å². The van der Waals surface area contributed by atoms with E-state index in [1.807, 2.05) is 32.0 Å². The Morgan fingerprint density at radius 1 is 1.44 bits per heavy atom. The molecule has 0 heterocycles. The van der Waals surface area contributed by atoms with Gasteiger partial charge in [0, 0.05) is 11.3 Å². The van der Waals surface area contributed by atoms with Crippen LogP contribution >= 0.6 is 0 Å². The molecule has 18 heavy (non-hydrogen) atoms. The highest BCUT2D eigenvalue weighted by molar-refractivity contribution is 5.66. The van der Waals surface area contributed by atoms with Crippen molar-refractivity contribution in [2.45, 2.75) is 39.2 Å². The second-order valence-electron chi connectivity index (χ2n) is 4.35. The Morgan fingerprint density at radius 3 is 2.72 bits per heavy atom. The predicted octanol–water partition coefficient (Wildman–Crippen LogP) is 3.91. The number of azide groups is 1. The molecule has 0 aliphatic heterocycles. The number of aryl methyl sites for hydroxylation is 2. The molecule has 0 saturated heterocycles. The Morgan fingerprint density at radius 2 is 2.17 bits per heavy atom. The maximum absolute atomic E-state index is 10.5. The Labute approximate surface area is 106 Å². The topological polar surface area (TPSA) is 86.1 Å². The van der Waals surface area contributed by atoms with Crippen LogP contribution in [0.25, 0.3) is 10.4 Å². The minimum absolute atomic E-state index is 0.0995. The number of carboxylic acid groups (broad SMARTS) is 1. The molecule has 1 unspecified atom stereocenters. The Hall–Kier alpha value is -2.00. The van der Waals surface area contributed by atoms with Crippen LogP contribution in [-0.4, -0.2) is 11.1 Å². The van der Waals surface area contributed by atoms with Gasteiger partial charge >= 0.3 is 5.97 Å². The zero-order valence-corrected chi connectivity index (χ0v) is 10.6. The number of carbonyl (C=O) groups is 1. The first-order chi connectivity index (χ1) is 8.54. The van der Waals surface area contributed by atoms with Gasteiger partial charge in [-0.05, 0) is 48.9 Å². The smallest absolute Gasteiger partial charge is 0.303 e. The molecule has 0 fully saturated rings. The lowest BCUT2D eigenvalue weighted by Crippen LogP contribution is -1.99. The molecule has 5 nitrogen and oxygen atoms in total. The van der Waals surface area contributed by atoms with Crippen LogP contribution in [0.4, 0.5) is 0 Å². The van der Waals surface area contributed by atoms with E-state index in [2.05, 4.69) is 10.0 Å². The highest BCUT2D eigenvalue weighted by Gasteiger charge is 2.11. The van der Waals surface area contributed by atoms with E-state index in [4.69, 9.17) is 10.6 Å². The van der Waals surface area contributed by atoms with Crippen molar-refractivity contribution in [3.63, 3.8) is 0 Å². The van der Waals surface area contributed by atoms with Crippen LogP contribution in [0.2, 0.25) is 0 Å². The van der Waals surface area contributed by atoms with E-state index in [0.717, 1.165) is 11.1 Å². The molecule has 1 atom stereocenters. The summed E-state index contributed by atoms with van der Waals surface area (Å²) < 4.78 is 0. The summed E-state index contributed by atoms with van der Waals surface area (Å²) in [6.07, 6.45) is 1.16. The minimum Gasteiger partial charge on any atom is -0.481 e. The summed E-state index contributed by atoms with van der Waals surface area (Å²) in [7, 11) is 0. The van der Waals surface area contributed by atoms with Crippen LogP contribution in [0, 0.1) is 13.8 Å². The third kappa shape index (κ3) is 4.11. The van der Waals surface area contributed by atoms with Gasteiger partial charge < -0.3 is 5.11 Å². The first kappa shape index (κ1) is 14.1. The van der Waals surface area contributed by atoms with Crippen molar-refractivity contribution < 1.29 is 9.90 Å². The van der Waals surface area contributed by atoms with Crippen LogP contribution in [0.5, 0.6) is 0 Å². The van der Waals surface area contributed by atoms with Crippen molar-refractivity contribution >= 4 is 5.97 Å². The van der Waals surface area contributed by atoms with Gasteiger partial charge in [0.15, 0.2) is 0 Å². The Bertz CT molecular complexity index is 479. The zero-order valence-electron chi connectivity index (χ0n) is 10.6. The van der Waals surface area contributed by atoms with E-state index in [1.54, 1.807) is 0 Å². The molecule has 96 valence electrons. The lowest BCUT2D eigenvalue weighted by molar-refractivity contribution is -0.137. The quantitative estimate of drug-likeness (QED) is 0.469. The lowest BCUT2D eigenvalue weighted by Gasteiger charge is -2.12. The van der Waals surface area contributed by atoms with Gasteiger partial charge in [0.2, 0.25) is 0 Å². The van der Waals surface area contributed by atoms with Gasteiger partial charge in [-0.1, -0.05) is 23.3 Å². The van der Waals surface area contributed by atoms with E-state index in [-0.39, 0.29) is 12.5 Å². The number of hydrogen-bond acceptors (Lipinski definition) is 2. The molecule has 1 N–H and O–H groups in total. The standard InChI is InChI=1S/C13H17N3O2/c1-9-6-7-11(8-10(9)2)12(15-16-14)4-3-5-13(17)18/h6-8,12H,3-5H2,1-2H3,(H,17,18). The van der Waals surface area contributed by atoms with E-state index in [1.165, 1.54) is 5.56 Å². The summed E-state index contributed by atoms with van der Waals surface area (Å²) in [4.78, 5) is 13.3. The average molecular weight is 247 g/mol. The largest absolute Gasteiger partial charge is 0.481 e. The number of benzene rings is 1. The maximum atomic E-state index is 10.5. The van der Waals surface area contributed by atoms with Gasteiger partial charge in [-0.2, -0.15) is 0 Å². The van der Waals surface area contributed by atoms with Gasteiger partial charge in [0.05, 0.1) is 6.04 Å². The van der Waals surface area contributed by atoms with Crippen LogP contribution in [0.1, 0.15) is 42.0 Å². The summed E-state index contributed by atoms with van der Waals surface area (Å²) in [6.45, 7) is 4.02. The fourth-order valence-corrected chi connectivity index (χ4v) is 1.77. The number of aliphatic carboxylic acids is 1. The predicted molar refractivity (Wildman–Crippen MR) is 69.3 cm³/mol. The molecule has 0 bridgehead atoms. The van der Waals surface area contributed by atoms with Crippen LogP contribution in [0.15, 0.2) is 23.3 Å². The third-order valence-corrected chi connectivity index (χ3v) is 2.97. The van der Waals surface area contributed by atoms with Crippen molar-refractivity contribution in [3.8, 4) is 0 Å². The van der Waals surface area contributed by atoms with Crippen molar-refractivity contribution in [2.75, 3.05) is 0 Å². The summed E-state index contributed by atoms with van der Waals surface area (Å²) in [5, 5.41) is 12.4. The SMILES string of the molecule is Cc1ccc(C(CCCC(=O)O)N=[N+]=[N-])cc1C. The number of rotatable bonds is 6. The molecule has 1 aromatic rings. The normalized spacial score (nSPS) is 11.7. The maximum Gasteiger partial charge on any atom is 0.303 e. The first-order valence-electron chi connectivity index (χ1n) is 5.87. The molecule has 0 saturated carbocycles. The summed E-state index contributed by atoms with van der Waals surface area (Å²) in [6, 6.07) is 5.63. The van der Waals surface area contributed by atoms with Crippen LogP contribution in [-0.2, 0) is 4.79 Å². The van der Waals surface area contributed by atoms with Gasteiger partial charge in [-0.25, -0.2) is 0 Å². The van der Waals surface area contributed by atoms with Gasteiger partial charge in [0.1, 0.15) is 0 Å². The Kier molecular flexibility index (Phi) is 5.21. The zero-order chi connectivity index (χ0) is 13.5. The fraction of sp³-hybridized carbons (Fsp3) is 0.462. The molecule has 0 aromatic heterocycles. The average Bonchev–Trinajstić information content (AvgIpc) is 2.31. The molecule has 0 spiro atoms. The molecule has 5 heteroatoms. The molecular weight excluding hydrogens is 230 g/mol. The first-order valence-corrected chi connectivity index (χ1v) is 5.87. The fourth-order valence-electron chi connectivity index (χ4n) is 1.77. The third-order valence-electron chi connectivity index (χ3n) is 2.97. The highest BCUT2D eigenvalue weighted by Crippen LogP contribution is 2.25. The minimum atomic E-state index is -0.824. The highest BCUT2D eigenvalue weighted by atomic mass is 16.4. The van der Waals surface area contributed by atoms with E-state index < -0.39 is 5.97 Å². The van der Waals surface area contributed by atoms with Gasteiger partial charge in [-0.15, -0.1) is 0 Å². The summed E-state index contributed by atoms with van der Waals surface area (Å²) >= 11 is 0. The van der Waals surface area contributed by atoms with Crippen molar-refractivity contribution in [1.29, 1.82) is 0 Å². The van der Waals surface area contributed by atoms with E-state index in [0.29, 0.717) is 12.8 Å². The number of hydrogen-bond donors (Lipinski definition) is 1. The molecule has 1 rings (SSSR count). The Balaban J connectivity index is 2.80. The summed E-state index contributed by atoms with van der Waals surface area (Å²) in [5.74, 6) is -0.824. The number of nitrogens with zero attached hydrogens (tertiary/aromatic N) is 3. The van der Waals surface area contributed by atoms with E-state index >= 15 is 0 Å². The summed E-state index contributed by atoms with van der Waals surface area (Å²) in [5.41, 5.74) is 11.8. The number of carboxylic acids is 1. The molecular formula is C13H17N3O2. The van der Waals surface area contributed by atoms with E-state index in [9.17, 15) is 4.79 Å².